The van der Waals surface area contributed by atoms with Crippen LogP contribution in [0.5, 0.6) is 5.75 Å². The fraction of sp³-hybridized carbons (Fsp3) is 0.333. The Morgan fingerprint density at radius 1 is 1.29 bits per heavy atom. The van der Waals surface area contributed by atoms with Crippen molar-refractivity contribution in [3.8, 4) is 5.75 Å². The fourth-order valence-corrected chi connectivity index (χ4v) is 1.14. The van der Waals surface area contributed by atoms with Crippen LogP contribution in [0, 0.1) is 0 Å². The minimum Gasteiger partial charge on any atom is -0.497 e. The molecule has 0 aliphatic rings. The zero-order valence-corrected chi connectivity index (χ0v) is 8.75. The van der Waals surface area contributed by atoms with Crippen molar-refractivity contribution in [3.63, 3.8) is 0 Å². The predicted molar refractivity (Wildman–Crippen MR) is 58.5 cm³/mol. The standard InChI is InChI=1S/C12H16O2/c1-4-14-9-10(2)11-5-7-12(13-3)8-6-11/h5-8H,2,4,9H2,1,3H3. The van der Waals surface area contributed by atoms with Gasteiger partial charge in [-0.3, -0.25) is 0 Å². The molecule has 0 spiro atoms. The van der Waals surface area contributed by atoms with Crippen molar-refractivity contribution in [2.45, 2.75) is 6.92 Å². The van der Waals surface area contributed by atoms with Gasteiger partial charge in [-0.15, -0.1) is 0 Å². The minimum atomic E-state index is 0.586. The van der Waals surface area contributed by atoms with E-state index in [4.69, 9.17) is 9.47 Å². The predicted octanol–water partition coefficient (Wildman–Crippen LogP) is 2.74. The molecular formula is C12H16O2. The van der Waals surface area contributed by atoms with E-state index in [1.165, 1.54) is 0 Å². The quantitative estimate of drug-likeness (QED) is 0.714. The summed E-state index contributed by atoms with van der Waals surface area (Å²) in [5.74, 6) is 0.859. The second-order valence-corrected chi connectivity index (χ2v) is 2.97. The highest BCUT2D eigenvalue weighted by Gasteiger charge is 1.98. The number of rotatable bonds is 5. The molecule has 76 valence electrons. The first kappa shape index (κ1) is 10.8. The van der Waals surface area contributed by atoms with Crippen LogP contribution in [-0.4, -0.2) is 20.3 Å². The lowest BCUT2D eigenvalue weighted by Crippen LogP contribution is -1.96. The van der Waals surface area contributed by atoms with Crippen LogP contribution >= 0.6 is 0 Å². The summed E-state index contributed by atoms with van der Waals surface area (Å²) in [6, 6.07) is 7.82. The van der Waals surface area contributed by atoms with Gasteiger partial charge >= 0.3 is 0 Å². The molecule has 0 saturated carbocycles. The average molecular weight is 192 g/mol. The third-order valence-electron chi connectivity index (χ3n) is 1.98. The Balaban J connectivity index is 2.62. The van der Waals surface area contributed by atoms with Crippen LogP contribution in [0.4, 0.5) is 0 Å². The molecule has 0 saturated heterocycles. The largest absolute Gasteiger partial charge is 0.497 e. The first-order chi connectivity index (χ1) is 6.77. The monoisotopic (exact) mass is 192 g/mol. The van der Waals surface area contributed by atoms with Crippen molar-refractivity contribution < 1.29 is 9.47 Å². The van der Waals surface area contributed by atoms with Crippen LogP contribution in [-0.2, 0) is 4.74 Å². The molecule has 1 aromatic rings. The van der Waals surface area contributed by atoms with Gasteiger partial charge in [0.05, 0.1) is 13.7 Å². The van der Waals surface area contributed by atoms with Gasteiger partial charge in [0.25, 0.3) is 0 Å². The highest BCUT2D eigenvalue weighted by atomic mass is 16.5. The van der Waals surface area contributed by atoms with Crippen molar-refractivity contribution in [1.29, 1.82) is 0 Å². The normalized spacial score (nSPS) is 9.86. The zero-order chi connectivity index (χ0) is 10.4. The van der Waals surface area contributed by atoms with Crippen LogP contribution in [0.2, 0.25) is 0 Å². The molecule has 2 heteroatoms. The summed E-state index contributed by atoms with van der Waals surface area (Å²) in [5.41, 5.74) is 2.09. The number of ether oxygens (including phenoxy) is 2. The van der Waals surface area contributed by atoms with Gasteiger partial charge in [0, 0.05) is 6.61 Å². The van der Waals surface area contributed by atoms with E-state index in [1.54, 1.807) is 7.11 Å². The number of methoxy groups -OCH3 is 1. The van der Waals surface area contributed by atoms with E-state index in [1.807, 2.05) is 31.2 Å². The molecule has 14 heavy (non-hydrogen) atoms. The molecule has 0 aliphatic carbocycles. The third-order valence-corrected chi connectivity index (χ3v) is 1.98. The van der Waals surface area contributed by atoms with Gasteiger partial charge in [0.1, 0.15) is 5.75 Å². The maximum atomic E-state index is 5.28. The first-order valence-electron chi connectivity index (χ1n) is 4.68. The van der Waals surface area contributed by atoms with E-state index in [9.17, 15) is 0 Å². The minimum absolute atomic E-state index is 0.586. The summed E-state index contributed by atoms with van der Waals surface area (Å²) < 4.78 is 10.3. The van der Waals surface area contributed by atoms with Gasteiger partial charge in [0.2, 0.25) is 0 Å². The summed E-state index contributed by atoms with van der Waals surface area (Å²) in [7, 11) is 1.66. The second-order valence-electron chi connectivity index (χ2n) is 2.97. The van der Waals surface area contributed by atoms with E-state index in [-0.39, 0.29) is 0 Å². The van der Waals surface area contributed by atoms with E-state index in [2.05, 4.69) is 6.58 Å². The number of hydrogen-bond acceptors (Lipinski definition) is 2. The Labute approximate surface area is 85.2 Å². The molecule has 0 unspecified atom stereocenters. The Morgan fingerprint density at radius 3 is 2.43 bits per heavy atom. The summed E-state index contributed by atoms with van der Waals surface area (Å²) in [6.07, 6.45) is 0. The molecule has 0 radical (unpaired) electrons. The van der Waals surface area contributed by atoms with Crippen LogP contribution in [0.25, 0.3) is 5.57 Å². The van der Waals surface area contributed by atoms with Gasteiger partial charge in [-0.1, -0.05) is 18.7 Å². The van der Waals surface area contributed by atoms with Gasteiger partial charge in [-0.2, -0.15) is 0 Å². The summed E-state index contributed by atoms with van der Waals surface area (Å²) in [5, 5.41) is 0. The molecule has 0 N–H and O–H groups in total. The van der Waals surface area contributed by atoms with E-state index >= 15 is 0 Å². The van der Waals surface area contributed by atoms with Crippen LogP contribution in [0.1, 0.15) is 12.5 Å². The molecular weight excluding hydrogens is 176 g/mol. The lowest BCUT2D eigenvalue weighted by molar-refractivity contribution is 0.183. The molecule has 0 bridgehead atoms. The van der Waals surface area contributed by atoms with E-state index in [0.717, 1.165) is 23.5 Å². The maximum Gasteiger partial charge on any atom is 0.118 e. The van der Waals surface area contributed by atoms with Crippen LogP contribution in [0.15, 0.2) is 30.8 Å². The Kier molecular flexibility index (Phi) is 4.20. The molecule has 0 amide bonds. The summed E-state index contributed by atoms with van der Waals surface area (Å²) in [4.78, 5) is 0. The fourth-order valence-electron chi connectivity index (χ4n) is 1.14. The lowest BCUT2D eigenvalue weighted by atomic mass is 10.1. The molecule has 0 heterocycles. The number of benzene rings is 1. The average Bonchev–Trinajstić information content (AvgIpc) is 2.26. The number of hydrogen-bond donors (Lipinski definition) is 0. The van der Waals surface area contributed by atoms with E-state index in [0.29, 0.717) is 6.61 Å². The molecule has 0 aliphatic heterocycles. The van der Waals surface area contributed by atoms with Crippen molar-refractivity contribution in [2.24, 2.45) is 0 Å². The zero-order valence-electron chi connectivity index (χ0n) is 8.75. The van der Waals surface area contributed by atoms with Crippen molar-refractivity contribution in [3.05, 3.63) is 36.4 Å². The lowest BCUT2D eigenvalue weighted by Gasteiger charge is -2.06. The Bertz CT molecular complexity index is 288. The van der Waals surface area contributed by atoms with Crippen molar-refractivity contribution in [2.75, 3.05) is 20.3 Å². The molecule has 1 aromatic carbocycles. The highest BCUT2D eigenvalue weighted by molar-refractivity contribution is 5.64. The van der Waals surface area contributed by atoms with Gasteiger partial charge in [-0.25, -0.2) is 0 Å². The van der Waals surface area contributed by atoms with Crippen molar-refractivity contribution >= 4 is 5.57 Å². The van der Waals surface area contributed by atoms with Crippen LogP contribution in [0.3, 0.4) is 0 Å². The first-order valence-corrected chi connectivity index (χ1v) is 4.68. The van der Waals surface area contributed by atoms with Crippen LogP contribution < -0.4 is 4.74 Å². The molecule has 0 atom stereocenters. The molecule has 1 rings (SSSR count). The van der Waals surface area contributed by atoms with Gasteiger partial charge in [-0.05, 0) is 30.2 Å². The second kappa shape index (κ2) is 5.45. The SMILES string of the molecule is C=C(COCC)c1ccc(OC)cc1. The topological polar surface area (TPSA) is 18.5 Å². The molecule has 0 fully saturated rings. The highest BCUT2D eigenvalue weighted by Crippen LogP contribution is 2.17. The van der Waals surface area contributed by atoms with E-state index < -0.39 is 0 Å². The van der Waals surface area contributed by atoms with Crippen molar-refractivity contribution in [1.82, 2.24) is 0 Å². The molecule has 2 nitrogen and oxygen atoms in total. The Hall–Kier alpha value is -1.28. The summed E-state index contributed by atoms with van der Waals surface area (Å²) >= 11 is 0. The van der Waals surface area contributed by atoms with Gasteiger partial charge in [0.15, 0.2) is 0 Å². The molecule has 0 aromatic heterocycles. The smallest absolute Gasteiger partial charge is 0.118 e. The maximum absolute atomic E-state index is 5.28. The third kappa shape index (κ3) is 2.89. The summed E-state index contributed by atoms with van der Waals surface area (Å²) in [6.45, 7) is 7.23. The Morgan fingerprint density at radius 2 is 1.93 bits per heavy atom. The van der Waals surface area contributed by atoms with Gasteiger partial charge < -0.3 is 9.47 Å².